The predicted molar refractivity (Wildman–Crippen MR) is 79.8 cm³/mol. The summed E-state index contributed by atoms with van der Waals surface area (Å²) in [5.74, 6) is 0.678. The normalized spacial score (nSPS) is 11.7. The molecule has 104 valence electrons. The summed E-state index contributed by atoms with van der Waals surface area (Å²) in [6.07, 6.45) is 1.91. The van der Waals surface area contributed by atoms with Crippen molar-refractivity contribution in [1.82, 2.24) is 5.32 Å². The van der Waals surface area contributed by atoms with Gasteiger partial charge >= 0.3 is 0 Å². The van der Waals surface area contributed by atoms with Gasteiger partial charge in [-0.3, -0.25) is 0 Å². The first-order chi connectivity index (χ1) is 9.02. The maximum atomic E-state index is 13.6. The molecule has 0 aliphatic heterocycles. The summed E-state index contributed by atoms with van der Waals surface area (Å²) in [5, 5.41) is 4.24. The van der Waals surface area contributed by atoms with Crippen molar-refractivity contribution in [1.29, 1.82) is 0 Å². The van der Waals surface area contributed by atoms with Crippen LogP contribution in [0.2, 0.25) is 0 Å². The van der Waals surface area contributed by atoms with Gasteiger partial charge in [-0.2, -0.15) is 0 Å². The summed E-state index contributed by atoms with van der Waals surface area (Å²) in [6, 6.07) is 3.40. The van der Waals surface area contributed by atoms with E-state index in [0.717, 1.165) is 35.1 Å². The maximum Gasteiger partial charge on any atom is 0.149 e. The van der Waals surface area contributed by atoms with Gasteiger partial charge in [-0.15, -0.1) is 0 Å². The van der Waals surface area contributed by atoms with Crippen molar-refractivity contribution < 1.29 is 8.81 Å². The third-order valence-electron chi connectivity index (χ3n) is 3.07. The number of nitrogens with one attached hydrogen (secondary N) is 1. The van der Waals surface area contributed by atoms with E-state index in [1.165, 1.54) is 6.07 Å². The van der Waals surface area contributed by atoms with Crippen molar-refractivity contribution >= 4 is 26.9 Å². The number of aryl methyl sites for hydroxylation is 1. The number of furan rings is 1. The Morgan fingerprint density at radius 3 is 2.74 bits per heavy atom. The molecule has 2 nitrogen and oxygen atoms in total. The van der Waals surface area contributed by atoms with E-state index >= 15 is 0 Å². The van der Waals surface area contributed by atoms with Crippen LogP contribution in [0.3, 0.4) is 0 Å². The van der Waals surface area contributed by atoms with Gasteiger partial charge in [-0.05, 0) is 34.5 Å². The second-order valence-corrected chi connectivity index (χ2v) is 5.91. The lowest BCUT2D eigenvalue weighted by Crippen LogP contribution is -2.22. The molecule has 1 heterocycles. The monoisotopic (exact) mass is 327 g/mol. The second-order valence-electron chi connectivity index (χ2n) is 5.05. The standard InChI is InChI=1S/C15H19BrFNO/c1-4-5-11-12-6-10(17)7-13(16)15(12)19-14(11)8-18-9(2)3/h6-7,9,18H,4-5,8H2,1-3H3. The molecule has 0 spiro atoms. The van der Waals surface area contributed by atoms with E-state index in [1.807, 2.05) is 0 Å². The van der Waals surface area contributed by atoms with E-state index in [0.29, 0.717) is 17.1 Å². The third-order valence-corrected chi connectivity index (χ3v) is 3.66. The van der Waals surface area contributed by atoms with Crippen molar-refractivity contribution in [2.45, 2.75) is 46.2 Å². The SMILES string of the molecule is CCCc1c(CNC(C)C)oc2c(Br)cc(F)cc12. The average molecular weight is 328 g/mol. The molecule has 2 aromatic rings. The predicted octanol–water partition coefficient (Wildman–Crippen LogP) is 4.78. The summed E-state index contributed by atoms with van der Waals surface area (Å²) in [6.45, 7) is 6.98. The first-order valence-corrected chi connectivity index (χ1v) is 7.45. The number of benzene rings is 1. The molecule has 0 amide bonds. The Morgan fingerprint density at radius 1 is 1.37 bits per heavy atom. The van der Waals surface area contributed by atoms with E-state index in [9.17, 15) is 4.39 Å². The summed E-state index contributed by atoms with van der Waals surface area (Å²) in [5.41, 5.74) is 1.86. The molecule has 0 aliphatic rings. The van der Waals surface area contributed by atoms with Gasteiger partial charge < -0.3 is 9.73 Å². The minimum Gasteiger partial charge on any atom is -0.458 e. The van der Waals surface area contributed by atoms with Crippen LogP contribution in [0, 0.1) is 5.82 Å². The van der Waals surface area contributed by atoms with Crippen LogP contribution in [0.1, 0.15) is 38.5 Å². The summed E-state index contributed by atoms with van der Waals surface area (Å²) in [4.78, 5) is 0. The van der Waals surface area contributed by atoms with Gasteiger partial charge in [0.2, 0.25) is 0 Å². The smallest absolute Gasteiger partial charge is 0.149 e. The minimum absolute atomic E-state index is 0.235. The van der Waals surface area contributed by atoms with Gasteiger partial charge in [0, 0.05) is 17.0 Å². The molecule has 2 rings (SSSR count). The molecule has 0 bridgehead atoms. The zero-order valence-corrected chi connectivity index (χ0v) is 13.1. The van der Waals surface area contributed by atoms with Crippen LogP contribution in [-0.4, -0.2) is 6.04 Å². The molecule has 0 unspecified atom stereocenters. The fourth-order valence-electron chi connectivity index (χ4n) is 2.19. The van der Waals surface area contributed by atoms with Gasteiger partial charge in [0.15, 0.2) is 0 Å². The third kappa shape index (κ3) is 3.18. The lowest BCUT2D eigenvalue weighted by atomic mass is 10.1. The van der Waals surface area contributed by atoms with Crippen molar-refractivity contribution in [3.8, 4) is 0 Å². The molecule has 0 saturated heterocycles. The molecule has 0 saturated carbocycles. The molecular weight excluding hydrogens is 309 g/mol. The summed E-state index contributed by atoms with van der Waals surface area (Å²) < 4.78 is 20.1. The Balaban J connectivity index is 2.50. The average Bonchev–Trinajstić information content (AvgIpc) is 2.66. The molecular formula is C15H19BrFNO. The highest BCUT2D eigenvalue weighted by atomic mass is 79.9. The molecule has 19 heavy (non-hydrogen) atoms. The first-order valence-electron chi connectivity index (χ1n) is 6.65. The number of rotatable bonds is 5. The number of fused-ring (bicyclic) bond motifs is 1. The molecule has 1 aromatic heterocycles. The quantitative estimate of drug-likeness (QED) is 0.854. The van der Waals surface area contributed by atoms with Gasteiger partial charge in [-0.25, -0.2) is 4.39 Å². The second kappa shape index (κ2) is 6.06. The van der Waals surface area contributed by atoms with E-state index < -0.39 is 0 Å². The zero-order chi connectivity index (χ0) is 14.0. The number of halogens is 2. The molecule has 4 heteroatoms. The highest BCUT2D eigenvalue weighted by molar-refractivity contribution is 9.10. The Bertz CT molecular complexity index is 577. The van der Waals surface area contributed by atoms with Gasteiger partial charge in [0.25, 0.3) is 0 Å². The van der Waals surface area contributed by atoms with E-state index in [1.54, 1.807) is 6.07 Å². The molecule has 0 radical (unpaired) electrons. The molecule has 1 N–H and O–H groups in total. The lowest BCUT2D eigenvalue weighted by Gasteiger charge is -2.07. The van der Waals surface area contributed by atoms with E-state index in [2.05, 4.69) is 42.0 Å². The van der Waals surface area contributed by atoms with Crippen molar-refractivity contribution in [3.63, 3.8) is 0 Å². The Morgan fingerprint density at radius 2 is 2.11 bits per heavy atom. The number of hydrogen-bond acceptors (Lipinski definition) is 2. The fraction of sp³-hybridized carbons (Fsp3) is 0.467. The first kappa shape index (κ1) is 14.5. The molecule has 1 aromatic carbocycles. The van der Waals surface area contributed by atoms with Crippen LogP contribution in [-0.2, 0) is 13.0 Å². The van der Waals surface area contributed by atoms with Crippen LogP contribution in [0.25, 0.3) is 11.0 Å². The van der Waals surface area contributed by atoms with Crippen LogP contribution < -0.4 is 5.32 Å². The van der Waals surface area contributed by atoms with Crippen LogP contribution >= 0.6 is 15.9 Å². The van der Waals surface area contributed by atoms with E-state index in [-0.39, 0.29) is 5.82 Å². The van der Waals surface area contributed by atoms with Crippen molar-refractivity contribution in [3.05, 3.63) is 33.7 Å². The molecule has 0 aliphatic carbocycles. The van der Waals surface area contributed by atoms with E-state index in [4.69, 9.17) is 4.42 Å². The van der Waals surface area contributed by atoms with Crippen LogP contribution in [0.15, 0.2) is 21.0 Å². The number of hydrogen-bond donors (Lipinski definition) is 1. The van der Waals surface area contributed by atoms with Gasteiger partial charge in [0.1, 0.15) is 17.2 Å². The molecule has 0 fully saturated rings. The topological polar surface area (TPSA) is 25.2 Å². The van der Waals surface area contributed by atoms with Gasteiger partial charge in [0.05, 0.1) is 11.0 Å². The lowest BCUT2D eigenvalue weighted by molar-refractivity contribution is 0.482. The Labute approximate surface area is 121 Å². The van der Waals surface area contributed by atoms with Crippen molar-refractivity contribution in [2.75, 3.05) is 0 Å². The zero-order valence-electron chi connectivity index (χ0n) is 11.5. The van der Waals surface area contributed by atoms with Crippen LogP contribution in [0.4, 0.5) is 4.39 Å². The Kier molecular flexibility index (Phi) is 4.63. The molecule has 0 atom stereocenters. The highest BCUT2D eigenvalue weighted by Gasteiger charge is 2.16. The van der Waals surface area contributed by atoms with Crippen LogP contribution in [0.5, 0.6) is 0 Å². The highest BCUT2D eigenvalue weighted by Crippen LogP contribution is 2.33. The summed E-state index contributed by atoms with van der Waals surface area (Å²) >= 11 is 3.37. The Hall–Kier alpha value is -0.870. The van der Waals surface area contributed by atoms with Gasteiger partial charge in [-0.1, -0.05) is 27.2 Å². The largest absolute Gasteiger partial charge is 0.458 e. The minimum atomic E-state index is -0.235. The maximum absolute atomic E-state index is 13.6. The fourth-order valence-corrected chi connectivity index (χ4v) is 2.70. The van der Waals surface area contributed by atoms with Crippen molar-refractivity contribution in [2.24, 2.45) is 0 Å². The summed E-state index contributed by atoms with van der Waals surface area (Å²) in [7, 11) is 0.